The molecule has 2 nitrogen and oxygen atoms in total. The van der Waals surface area contributed by atoms with Gasteiger partial charge in [-0.3, -0.25) is 0 Å². The Labute approximate surface area is 123 Å². The van der Waals surface area contributed by atoms with Crippen molar-refractivity contribution in [2.75, 3.05) is 27.2 Å². The molecule has 0 aromatic heterocycles. The molecule has 0 saturated carbocycles. The van der Waals surface area contributed by atoms with Crippen molar-refractivity contribution >= 4 is 0 Å². The first-order chi connectivity index (χ1) is 9.49. The number of alkyl halides is 3. The minimum Gasteiger partial charge on any atom is -0.312 e. The lowest BCUT2D eigenvalue weighted by molar-refractivity contribution is -0.137. The molecule has 0 spiro atoms. The highest BCUT2D eigenvalue weighted by Gasteiger charge is 2.31. The van der Waals surface area contributed by atoms with Gasteiger partial charge in [0.15, 0.2) is 0 Å². The van der Waals surface area contributed by atoms with E-state index in [9.17, 15) is 17.6 Å². The smallest absolute Gasteiger partial charge is 0.312 e. The molecule has 0 amide bonds. The Kier molecular flexibility index (Phi) is 5.75. The molecule has 21 heavy (non-hydrogen) atoms. The number of benzene rings is 1. The summed E-state index contributed by atoms with van der Waals surface area (Å²) in [6.45, 7) is 5.80. The lowest BCUT2D eigenvalue weighted by Crippen LogP contribution is -2.37. The third-order valence-corrected chi connectivity index (χ3v) is 2.96. The maximum absolute atomic E-state index is 13.3. The number of halogens is 4. The Balaban J connectivity index is 2.66. The molecule has 0 unspecified atom stereocenters. The fraction of sp³-hybridized carbons (Fsp3) is 0.600. The van der Waals surface area contributed by atoms with E-state index in [-0.39, 0.29) is 12.0 Å². The van der Waals surface area contributed by atoms with Gasteiger partial charge in [0, 0.05) is 19.6 Å². The lowest BCUT2D eigenvalue weighted by atomic mass is 9.93. The minimum absolute atomic E-state index is 0.0241. The standard InChI is InChI=1S/C15H22F4N2/c1-14(2,10-21(3)4)9-20-8-11-5-12(15(17,18)19)7-13(16)6-11/h5-7,20H,8-10H2,1-4H3. The quantitative estimate of drug-likeness (QED) is 0.809. The Morgan fingerprint density at radius 3 is 2.24 bits per heavy atom. The van der Waals surface area contributed by atoms with Crippen molar-refractivity contribution in [3.63, 3.8) is 0 Å². The van der Waals surface area contributed by atoms with Crippen molar-refractivity contribution < 1.29 is 17.6 Å². The molecule has 0 bridgehead atoms. The molecule has 0 radical (unpaired) electrons. The van der Waals surface area contributed by atoms with E-state index in [2.05, 4.69) is 19.2 Å². The maximum Gasteiger partial charge on any atom is 0.416 e. The average molecular weight is 306 g/mol. The molecule has 0 aliphatic carbocycles. The zero-order valence-corrected chi connectivity index (χ0v) is 12.8. The second kappa shape index (κ2) is 6.75. The van der Waals surface area contributed by atoms with E-state index >= 15 is 0 Å². The van der Waals surface area contributed by atoms with Crippen LogP contribution in [0.15, 0.2) is 18.2 Å². The molecule has 0 aliphatic heterocycles. The summed E-state index contributed by atoms with van der Waals surface area (Å²) >= 11 is 0. The van der Waals surface area contributed by atoms with Crippen LogP contribution in [-0.4, -0.2) is 32.1 Å². The fourth-order valence-electron chi connectivity index (χ4n) is 2.37. The van der Waals surface area contributed by atoms with Gasteiger partial charge in [-0.05, 0) is 43.3 Å². The summed E-state index contributed by atoms with van der Waals surface area (Å²) in [7, 11) is 3.92. The lowest BCUT2D eigenvalue weighted by Gasteiger charge is -2.28. The van der Waals surface area contributed by atoms with E-state index in [0.717, 1.165) is 18.7 Å². The summed E-state index contributed by atoms with van der Waals surface area (Å²) in [6, 6.07) is 2.62. The van der Waals surface area contributed by atoms with Crippen molar-refractivity contribution in [2.24, 2.45) is 5.41 Å². The van der Waals surface area contributed by atoms with Crippen LogP contribution < -0.4 is 5.32 Å². The average Bonchev–Trinajstić information content (AvgIpc) is 2.24. The molecule has 0 atom stereocenters. The maximum atomic E-state index is 13.3. The summed E-state index contributed by atoms with van der Waals surface area (Å²) in [5.74, 6) is -0.867. The van der Waals surface area contributed by atoms with Crippen LogP contribution in [-0.2, 0) is 12.7 Å². The topological polar surface area (TPSA) is 15.3 Å². The predicted molar refractivity (Wildman–Crippen MR) is 75.4 cm³/mol. The Bertz CT molecular complexity index is 467. The van der Waals surface area contributed by atoms with Crippen molar-refractivity contribution in [1.29, 1.82) is 0 Å². The SMILES string of the molecule is CN(C)CC(C)(C)CNCc1cc(F)cc(C(F)(F)F)c1. The molecule has 6 heteroatoms. The first-order valence-corrected chi connectivity index (χ1v) is 6.72. The third-order valence-electron chi connectivity index (χ3n) is 2.96. The van der Waals surface area contributed by atoms with Crippen LogP contribution in [0.1, 0.15) is 25.0 Å². The molecule has 0 aliphatic rings. The van der Waals surface area contributed by atoms with Crippen molar-refractivity contribution in [3.05, 3.63) is 35.1 Å². The zero-order valence-electron chi connectivity index (χ0n) is 12.8. The highest BCUT2D eigenvalue weighted by Crippen LogP contribution is 2.30. The molecule has 1 rings (SSSR count). The highest BCUT2D eigenvalue weighted by molar-refractivity contribution is 5.26. The van der Waals surface area contributed by atoms with Gasteiger partial charge in [-0.15, -0.1) is 0 Å². The van der Waals surface area contributed by atoms with Crippen LogP contribution in [0.3, 0.4) is 0 Å². The predicted octanol–water partition coefficient (Wildman–Crippen LogP) is 3.52. The molecule has 120 valence electrons. The molecule has 0 heterocycles. The van der Waals surface area contributed by atoms with Crippen LogP contribution in [0.25, 0.3) is 0 Å². The molecule has 1 aromatic rings. The van der Waals surface area contributed by atoms with Gasteiger partial charge in [0.25, 0.3) is 0 Å². The summed E-state index contributed by atoms with van der Waals surface area (Å²) < 4.78 is 51.1. The van der Waals surface area contributed by atoms with Gasteiger partial charge in [0.05, 0.1) is 5.56 Å². The minimum atomic E-state index is -4.53. The van der Waals surface area contributed by atoms with E-state index in [1.807, 2.05) is 19.0 Å². The normalized spacial score (nSPS) is 13.0. The second-order valence-electron chi connectivity index (χ2n) is 6.35. The first kappa shape index (κ1) is 17.9. The van der Waals surface area contributed by atoms with Gasteiger partial charge in [0.2, 0.25) is 0 Å². The third kappa shape index (κ3) is 6.44. The molecule has 0 saturated heterocycles. The van der Waals surface area contributed by atoms with Gasteiger partial charge < -0.3 is 10.2 Å². The number of hydrogen-bond donors (Lipinski definition) is 1. The summed E-state index contributed by atoms with van der Waals surface area (Å²) in [5.41, 5.74) is -0.682. The van der Waals surface area contributed by atoms with Gasteiger partial charge in [-0.2, -0.15) is 13.2 Å². The highest BCUT2D eigenvalue weighted by atomic mass is 19.4. The van der Waals surface area contributed by atoms with Crippen LogP contribution >= 0.6 is 0 Å². The van der Waals surface area contributed by atoms with Crippen LogP contribution in [0.5, 0.6) is 0 Å². The van der Waals surface area contributed by atoms with E-state index in [1.54, 1.807) is 0 Å². The molecular formula is C15H22F4N2. The number of nitrogens with one attached hydrogen (secondary N) is 1. The van der Waals surface area contributed by atoms with Crippen LogP contribution in [0.4, 0.5) is 17.6 Å². The molecular weight excluding hydrogens is 284 g/mol. The zero-order chi connectivity index (χ0) is 16.3. The van der Waals surface area contributed by atoms with Crippen molar-refractivity contribution in [1.82, 2.24) is 10.2 Å². The van der Waals surface area contributed by atoms with E-state index in [0.29, 0.717) is 18.2 Å². The monoisotopic (exact) mass is 306 g/mol. The van der Waals surface area contributed by atoms with Gasteiger partial charge in [0.1, 0.15) is 5.82 Å². The van der Waals surface area contributed by atoms with Crippen molar-refractivity contribution in [2.45, 2.75) is 26.6 Å². The van der Waals surface area contributed by atoms with Crippen molar-refractivity contribution in [3.8, 4) is 0 Å². The van der Waals surface area contributed by atoms with Crippen LogP contribution in [0, 0.1) is 11.2 Å². The second-order valence-corrected chi connectivity index (χ2v) is 6.35. The first-order valence-electron chi connectivity index (χ1n) is 6.72. The fourth-order valence-corrected chi connectivity index (χ4v) is 2.37. The summed E-state index contributed by atoms with van der Waals surface area (Å²) in [5, 5.41) is 3.09. The molecule has 0 fully saturated rings. The molecule has 1 N–H and O–H groups in total. The Hall–Kier alpha value is -1.14. The van der Waals surface area contributed by atoms with Gasteiger partial charge >= 0.3 is 6.18 Å². The van der Waals surface area contributed by atoms with Crippen LogP contribution in [0.2, 0.25) is 0 Å². The van der Waals surface area contributed by atoms with Gasteiger partial charge in [-0.25, -0.2) is 4.39 Å². The summed E-state index contributed by atoms with van der Waals surface area (Å²) in [4.78, 5) is 2.05. The summed E-state index contributed by atoms with van der Waals surface area (Å²) in [6.07, 6.45) is -4.53. The number of hydrogen-bond acceptors (Lipinski definition) is 2. The van der Waals surface area contributed by atoms with Gasteiger partial charge in [-0.1, -0.05) is 13.8 Å². The number of rotatable bonds is 6. The number of nitrogens with zero attached hydrogens (tertiary/aromatic N) is 1. The Morgan fingerprint density at radius 1 is 1.10 bits per heavy atom. The van der Waals surface area contributed by atoms with E-state index in [1.165, 1.54) is 0 Å². The Morgan fingerprint density at radius 2 is 1.71 bits per heavy atom. The largest absolute Gasteiger partial charge is 0.416 e. The molecule has 1 aromatic carbocycles. The van der Waals surface area contributed by atoms with E-state index in [4.69, 9.17) is 0 Å². The van der Waals surface area contributed by atoms with E-state index < -0.39 is 17.6 Å².